The minimum absolute atomic E-state index is 0.232. The third-order valence-corrected chi connectivity index (χ3v) is 5.72. The number of aliphatic hydroxyl groups excluding tert-OH is 2. The lowest BCUT2D eigenvalue weighted by Crippen LogP contribution is -2.22. The molecule has 2 heterocycles. The highest BCUT2D eigenvalue weighted by atomic mass is 19.1. The van der Waals surface area contributed by atoms with Crippen LogP contribution in [0.3, 0.4) is 0 Å². The van der Waals surface area contributed by atoms with Gasteiger partial charge in [0.25, 0.3) is 5.91 Å². The van der Waals surface area contributed by atoms with Crippen molar-refractivity contribution >= 4 is 22.7 Å². The molecule has 0 saturated heterocycles. The highest BCUT2D eigenvalue weighted by molar-refractivity contribution is 6.32. The molecule has 4 N–H and O–H groups in total. The number of allylic oxidation sites excluding steroid dienone is 1. The molecule has 1 atom stereocenters. The Morgan fingerprint density at radius 1 is 1.19 bits per heavy atom. The molecule has 1 amide bonds. The van der Waals surface area contributed by atoms with Crippen LogP contribution >= 0.6 is 0 Å². The first-order chi connectivity index (χ1) is 15.3. The Balaban J connectivity index is 1.55. The summed E-state index contributed by atoms with van der Waals surface area (Å²) in [6.45, 7) is 4.90. The van der Waals surface area contributed by atoms with E-state index in [-0.39, 0.29) is 12.5 Å². The molecule has 2 aromatic rings. The predicted octanol–water partition coefficient (Wildman–Crippen LogP) is 3.21. The van der Waals surface area contributed by atoms with Crippen LogP contribution in [-0.4, -0.2) is 41.0 Å². The number of fused-ring (bicyclic) bond motifs is 1. The van der Waals surface area contributed by atoms with Crippen LogP contribution in [0.15, 0.2) is 54.3 Å². The van der Waals surface area contributed by atoms with E-state index in [0.29, 0.717) is 42.1 Å². The Morgan fingerprint density at radius 3 is 2.66 bits per heavy atom. The van der Waals surface area contributed by atoms with E-state index in [0.717, 1.165) is 16.7 Å². The number of benzene rings is 2. The molecule has 0 saturated carbocycles. The van der Waals surface area contributed by atoms with E-state index >= 15 is 0 Å². The maximum atomic E-state index is 13.8. The number of amides is 1. The number of carbonyl (C=O) groups excluding carboxylic acids is 1. The van der Waals surface area contributed by atoms with E-state index < -0.39 is 17.5 Å². The van der Waals surface area contributed by atoms with Crippen molar-refractivity contribution in [2.24, 2.45) is 0 Å². The van der Waals surface area contributed by atoms with E-state index in [4.69, 9.17) is 9.84 Å². The first-order valence-electron chi connectivity index (χ1n) is 10.6. The van der Waals surface area contributed by atoms with Gasteiger partial charge in [-0.15, -0.1) is 0 Å². The number of ether oxygens (including phenoxy) is 1. The molecule has 2 aliphatic rings. The lowest BCUT2D eigenvalue weighted by Gasteiger charge is -2.23. The van der Waals surface area contributed by atoms with Crippen LogP contribution in [0, 0.1) is 5.82 Å². The second-order valence-corrected chi connectivity index (χ2v) is 8.55. The third kappa shape index (κ3) is 4.46. The first kappa shape index (κ1) is 22.2. The standard InChI is InChI=1S/C25H27FN2O4/c1-25(2)20(16-5-3-15(4-6-16)13-27-10-9-18(30)14-29)12-22(32-25)23-19-11-17(26)7-8-21(19)28-24(23)31/h3-8,11-12,18,27,29-30H,9-10,13-14H2,1-2H3,(H,28,31)/b23-22+. The Kier molecular flexibility index (Phi) is 6.15. The fourth-order valence-electron chi connectivity index (χ4n) is 4.00. The molecule has 0 radical (unpaired) electrons. The van der Waals surface area contributed by atoms with Crippen LogP contribution in [0.2, 0.25) is 0 Å². The molecule has 168 valence electrons. The topological polar surface area (TPSA) is 90.8 Å². The number of halogens is 1. The zero-order valence-corrected chi connectivity index (χ0v) is 18.1. The van der Waals surface area contributed by atoms with Crippen molar-refractivity contribution in [1.29, 1.82) is 0 Å². The number of carbonyl (C=O) groups is 1. The zero-order chi connectivity index (χ0) is 22.9. The Labute approximate surface area is 186 Å². The molecular formula is C25H27FN2O4. The molecule has 0 aromatic heterocycles. The molecule has 4 rings (SSSR count). The summed E-state index contributed by atoms with van der Waals surface area (Å²) < 4.78 is 20.0. The fourth-order valence-corrected chi connectivity index (χ4v) is 4.00. The van der Waals surface area contributed by atoms with Gasteiger partial charge in [-0.3, -0.25) is 4.79 Å². The van der Waals surface area contributed by atoms with Gasteiger partial charge in [-0.2, -0.15) is 0 Å². The Bertz CT molecular complexity index is 1090. The molecule has 0 spiro atoms. The van der Waals surface area contributed by atoms with Crippen molar-refractivity contribution < 1.29 is 24.1 Å². The van der Waals surface area contributed by atoms with Crippen LogP contribution < -0.4 is 10.6 Å². The minimum atomic E-state index is -0.699. The lowest BCUT2D eigenvalue weighted by molar-refractivity contribution is -0.111. The summed E-state index contributed by atoms with van der Waals surface area (Å²) in [6.07, 6.45) is 1.65. The summed E-state index contributed by atoms with van der Waals surface area (Å²) in [6, 6.07) is 12.3. The second-order valence-electron chi connectivity index (χ2n) is 8.55. The number of rotatable bonds is 7. The van der Waals surface area contributed by atoms with Crippen molar-refractivity contribution in [3.8, 4) is 0 Å². The zero-order valence-electron chi connectivity index (χ0n) is 18.1. The van der Waals surface area contributed by atoms with E-state index in [1.165, 1.54) is 12.1 Å². The third-order valence-electron chi connectivity index (χ3n) is 5.72. The first-order valence-corrected chi connectivity index (χ1v) is 10.6. The van der Waals surface area contributed by atoms with Crippen LogP contribution in [0.1, 0.15) is 37.0 Å². The van der Waals surface area contributed by atoms with Gasteiger partial charge in [-0.05, 0) is 62.2 Å². The molecular weight excluding hydrogens is 411 g/mol. The molecule has 0 aliphatic carbocycles. The van der Waals surface area contributed by atoms with E-state index in [1.807, 2.05) is 44.2 Å². The summed E-state index contributed by atoms with van der Waals surface area (Å²) in [7, 11) is 0. The molecule has 7 heteroatoms. The van der Waals surface area contributed by atoms with E-state index in [9.17, 15) is 14.3 Å². The van der Waals surface area contributed by atoms with Gasteiger partial charge in [0.2, 0.25) is 0 Å². The fraction of sp³-hybridized carbons (Fsp3) is 0.320. The summed E-state index contributed by atoms with van der Waals surface area (Å²) in [5.41, 5.74) is 3.76. The lowest BCUT2D eigenvalue weighted by atomic mass is 9.91. The largest absolute Gasteiger partial charge is 0.482 e. The van der Waals surface area contributed by atoms with Crippen molar-refractivity contribution in [3.63, 3.8) is 0 Å². The molecule has 32 heavy (non-hydrogen) atoms. The van der Waals surface area contributed by atoms with Crippen LogP contribution in [0.25, 0.3) is 11.1 Å². The van der Waals surface area contributed by atoms with Crippen LogP contribution in [-0.2, 0) is 16.1 Å². The van der Waals surface area contributed by atoms with E-state index in [2.05, 4.69) is 10.6 Å². The number of hydrogen-bond acceptors (Lipinski definition) is 5. The number of anilines is 1. The smallest absolute Gasteiger partial charge is 0.260 e. The van der Waals surface area contributed by atoms with Crippen LogP contribution in [0.4, 0.5) is 10.1 Å². The average molecular weight is 438 g/mol. The minimum Gasteiger partial charge on any atom is -0.482 e. The molecule has 0 fully saturated rings. The maximum Gasteiger partial charge on any atom is 0.260 e. The van der Waals surface area contributed by atoms with Gasteiger partial charge < -0.3 is 25.6 Å². The van der Waals surface area contributed by atoms with Gasteiger partial charge in [0.1, 0.15) is 17.2 Å². The normalized spacial score (nSPS) is 19.9. The quantitative estimate of drug-likeness (QED) is 0.394. The Morgan fingerprint density at radius 2 is 1.94 bits per heavy atom. The monoisotopic (exact) mass is 438 g/mol. The summed E-state index contributed by atoms with van der Waals surface area (Å²) in [4.78, 5) is 12.6. The summed E-state index contributed by atoms with van der Waals surface area (Å²) in [5, 5.41) is 24.3. The summed E-state index contributed by atoms with van der Waals surface area (Å²) in [5.74, 6) is -0.281. The molecule has 2 aliphatic heterocycles. The molecule has 0 bridgehead atoms. The van der Waals surface area contributed by atoms with E-state index in [1.54, 1.807) is 6.07 Å². The summed E-state index contributed by atoms with van der Waals surface area (Å²) >= 11 is 0. The molecule has 1 unspecified atom stereocenters. The highest BCUT2D eigenvalue weighted by Crippen LogP contribution is 2.44. The Hall–Kier alpha value is -3.00. The van der Waals surface area contributed by atoms with Gasteiger partial charge in [-0.25, -0.2) is 4.39 Å². The van der Waals surface area contributed by atoms with Gasteiger partial charge in [0.15, 0.2) is 0 Å². The second kappa shape index (κ2) is 8.86. The number of hydrogen-bond donors (Lipinski definition) is 4. The highest BCUT2D eigenvalue weighted by Gasteiger charge is 2.38. The number of aliphatic hydroxyl groups is 2. The van der Waals surface area contributed by atoms with Crippen molar-refractivity contribution in [1.82, 2.24) is 5.32 Å². The van der Waals surface area contributed by atoms with Crippen molar-refractivity contribution in [3.05, 3.63) is 76.8 Å². The molecule has 2 aromatic carbocycles. The number of nitrogens with one attached hydrogen (secondary N) is 2. The van der Waals surface area contributed by atoms with Gasteiger partial charge in [-0.1, -0.05) is 24.3 Å². The average Bonchev–Trinajstić information content (AvgIpc) is 3.25. The van der Waals surface area contributed by atoms with Crippen molar-refractivity contribution in [2.45, 2.75) is 38.5 Å². The SMILES string of the molecule is CC1(C)O/C(=C2/C(=O)Nc3ccc(F)cc32)C=C1c1ccc(CNCCC(O)CO)cc1. The maximum absolute atomic E-state index is 13.8. The molecule has 6 nitrogen and oxygen atoms in total. The van der Waals surface area contributed by atoms with Gasteiger partial charge in [0, 0.05) is 23.4 Å². The predicted molar refractivity (Wildman–Crippen MR) is 121 cm³/mol. The van der Waals surface area contributed by atoms with Crippen LogP contribution in [0.5, 0.6) is 0 Å². The van der Waals surface area contributed by atoms with Gasteiger partial charge >= 0.3 is 0 Å². The van der Waals surface area contributed by atoms with Crippen molar-refractivity contribution in [2.75, 3.05) is 18.5 Å². The van der Waals surface area contributed by atoms with Gasteiger partial charge in [0.05, 0.1) is 18.3 Å².